The van der Waals surface area contributed by atoms with Crippen LogP contribution >= 0.6 is 8.03 Å². The summed E-state index contributed by atoms with van der Waals surface area (Å²) in [4.78, 5) is 12.4. The fourth-order valence-corrected chi connectivity index (χ4v) is 3.24. The third-order valence-corrected chi connectivity index (χ3v) is 4.48. The Labute approximate surface area is 129 Å². The average molecular weight is 309 g/mol. The van der Waals surface area contributed by atoms with Gasteiger partial charge in [0.15, 0.2) is 0 Å². The van der Waals surface area contributed by atoms with Crippen LogP contribution in [0.4, 0.5) is 0 Å². The molecule has 0 aliphatic heterocycles. The second-order valence-corrected chi connectivity index (χ2v) is 8.00. The molecule has 1 aromatic rings. The molecule has 1 aromatic carbocycles. The standard InChI is InChI=1S/C17H26O3P/c1-11(2)20-21(19)10-15(18)16-12(3)8-14(9-13(16)4)17(5,6)7/h8-9,11H,10H2,1-7H3/q+1. The lowest BCUT2D eigenvalue weighted by Gasteiger charge is -2.21. The average Bonchev–Trinajstić information content (AvgIpc) is 2.24. The Hall–Kier alpha value is -1.05. The minimum atomic E-state index is -1.94. The lowest BCUT2D eigenvalue weighted by Crippen LogP contribution is -2.15. The van der Waals surface area contributed by atoms with Crippen molar-refractivity contribution in [2.45, 2.75) is 60.0 Å². The van der Waals surface area contributed by atoms with Crippen LogP contribution in [0.3, 0.4) is 0 Å². The molecule has 0 spiro atoms. The number of ketones is 1. The number of benzene rings is 1. The van der Waals surface area contributed by atoms with Gasteiger partial charge >= 0.3 is 8.03 Å². The van der Waals surface area contributed by atoms with Crippen molar-refractivity contribution in [3.05, 3.63) is 34.4 Å². The molecule has 0 saturated carbocycles. The molecule has 21 heavy (non-hydrogen) atoms. The van der Waals surface area contributed by atoms with Gasteiger partial charge in [0.2, 0.25) is 11.9 Å². The van der Waals surface area contributed by atoms with E-state index >= 15 is 0 Å². The van der Waals surface area contributed by atoms with E-state index in [1.165, 1.54) is 5.56 Å². The zero-order valence-corrected chi connectivity index (χ0v) is 15.0. The highest BCUT2D eigenvalue weighted by Crippen LogP contribution is 2.30. The van der Waals surface area contributed by atoms with Crippen molar-refractivity contribution in [2.24, 2.45) is 0 Å². The molecule has 0 fully saturated rings. The number of hydrogen-bond acceptors (Lipinski definition) is 3. The van der Waals surface area contributed by atoms with Crippen LogP contribution in [0.5, 0.6) is 0 Å². The van der Waals surface area contributed by atoms with Crippen LogP contribution in [-0.2, 0) is 14.5 Å². The number of carbonyl (C=O) groups excluding carboxylic acids is 1. The van der Waals surface area contributed by atoms with Crippen LogP contribution in [0.15, 0.2) is 12.1 Å². The number of hydrogen-bond donors (Lipinski definition) is 0. The van der Waals surface area contributed by atoms with E-state index in [9.17, 15) is 9.36 Å². The number of carbonyl (C=O) groups is 1. The summed E-state index contributed by atoms with van der Waals surface area (Å²) in [6.45, 7) is 13.9. The van der Waals surface area contributed by atoms with Gasteiger partial charge in [-0.2, -0.15) is 0 Å². The molecule has 1 unspecified atom stereocenters. The number of rotatable bonds is 5. The molecule has 0 aliphatic rings. The molecule has 0 radical (unpaired) electrons. The van der Waals surface area contributed by atoms with Crippen LogP contribution < -0.4 is 0 Å². The van der Waals surface area contributed by atoms with Gasteiger partial charge in [0, 0.05) is 5.56 Å². The molecule has 3 nitrogen and oxygen atoms in total. The van der Waals surface area contributed by atoms with Gasteiger partial charge in [-0.25, -0.2) is 0 Å². The van der Waals surface area contributed by atoms with Crippen molar-refractivity contribution in [3.8, 4) is 0 Å². The van der Waals surface area contributed by atoms with Crippen molar-refractivity contribution in [1.82, 2.24) is 0 Å². The first-order valence-electron chi connectivity index (χ1n) is 7.28. The molecule has 116 valence electrons. The predicted molar refractivity (Wildman–Crippen MR) is 87.6 cm³/mol. The van der Waals surface area contributed by atoms with Gasteiger partial charge in [-0.1, -0.05) is 32.9 Å². The Balaban J connectivity index is 3.04. The summed E-state index contributed by atoms with van der Waals surface area (Å²) in [5, 5.41) is 0. The molecule has 0 bridgehead atoms. The molecule has 1 atom stereocenters. The first-order chi connectivity index (χ1) is 9.52. The van der Waals surface area contributed by atoms with E-state index in [1.54, 1.807) is 0 Å². The largest absolute Gasteiger partial charge is 0.516 e. The first-order valence-corrected chi connectivity index (χ1v) is 8.65. The van der Waals surface area contributed by atoms with E-state index in [2.05, 4.69) is 32.9 Å². The smallest absolute Gasteiger partial charge is 0.289 e. The minimum absolute atomic E-state index is 0.0446. The van der Waals surface area contributed by atoms with Gasteiger partial charge in [0.1, 0.15) is 6.10 Å². The van der Waals surface area contributed by atoms with E-state index in [0.717, 1.165) is 11.1 Å². The van der Waals surface area contributed by atoms with Crippen molar-refractivity contribution in [2.75, 3.05) is 6.16 Å². The van der Waals surface area contributed by atoms with E-state index in [4.69, 9.17) is 4.52 Å². The van der Waals surface area contributed by atoms with E-state index in [-0.39, 0.29) is 23.5 Å². The summed E-state index contributed by atoms with van der Waals surface area (Å²) in [6, 6.07) is 4.10. The molecule has 0 aromatic heterocycles. The normalized spacial score (nSPS) is 12.7. The van der Waals surface area contributed by atoms with E-state index in [1.807, 2.05) is 27.7 Å². The predicted octanol–water partition coefficient (Wildman–Crippen LogP) is 4.95. The maximum Gasteiger partial charge on any atom is 0.516 e. The Morgan fingerprint density at radius 3 is 2.05 bits per heavy atom. The molecular weight excluding hydrogens is 283 g/mol. The third kappa shape index (κ3) is 5.01. The quantitative estimate of drug-likeness (QED) is 0.571. The fourth-order valence-electron chi connectivity index (χ4n) is 2.31. The molecule has 0 heterocycles. The van der Waals surface area contributed by atoms with Crippen molar-refractivity contribution in [1.29, 1.82) is 0 Å². The van der Waals surface area contributed by atoms with Crippen LogP contribution in [-0.4, -0.2) is 18.0 Å². The highest BCUT2D eigenvalue weighted by molar-refractivity contribution is 7.40. The minimum Gasteiger partial charge on any atom is -0.289 e. The Bertz CT molecular complexity index is 531. The summed E-state index contributed by atoms with van der Waals surface area (Å²) in [7, 11) is -1.94. The summed E-state index contributed by atoms with van der Waals surface area (Å²) in [6.07, 6.45) is -0.184. The second kappa shape index (κ2) is 6.81. The molecular formula is C17H26O3P+. The van der Waals surface area contributed by atoms with Gasteiger partial charge in [-0.15, -0.1) is 4.52 Å². The fraction of sp³-hybridized carbons (Fsp3) is 0.588. The van der Waals surface area contributed by atoms with Crippen LogP contribution in [0.25, 0.3) is 0 Å². The van der Waals surface area contributed by atoms with E-state index < -0.39 is 8.03 Å². The highest BCUT2D eigenvalue weighted by Gasteiger charge is 2.28. The molecule has 0 saturated heterocycles. The summed E-state index contributed by atoms with van der Waals surface area (Å²) in [5.41, 5.74) is 3.81. The van der Waals surface area contributed by atoms with Crippen LogP contribution in [0, 0.1) is 13.8 Å². The van der Waals surface area contributed by atoms with Gasteiger partial charge in [0.25, 0.3) is 0 Å². The summed E-state index contributed by atoms with van der Waals surface area (Å²) in [5.74, 6) is -0.104. The Morgan fingerprint density at radius 1 is 1.19 bits per heavy atom. The monoisotopic (exact) mass is 309 g/mol. The summed E-state index contributed by atoms with van der Waals surface area (Å²) < 4.78 is 17.0. The SMILES string of the molecule is Cc1cc(C(C)(C)C)cc(C)c1C(=O)C[P+](=O)OC(C)C. The van der Waals surface area contributed by atoms with Crippen LogP contribution in [0.2, 0.25) is 0 Å². The van der Waals surface area contributed by atoms with Crippen molar-refractivity contribution < 1.29 is 13.9 Å². The maximum absolute atomic E-state index is 12.4. The third-order valence-electron chi connectivity index (χ3n) is 3.28. The van der Waals surface area contributed by atoms with Gasteiger partial charge in [-0.3, -0.25) is 4.79 Å². The topological polar surface area (TPSA) is 43.4 Å². The van der Waals surface area contributed by atoms with Crippen molar-refractivity contribution in [3.63, 3.8) is 0 Å². The van der Waals surface area contributed by atoms with E-state index in [0.29, 0.717) is 5.56 Å². The second-order valence-electron chi connectivity index (χ2n) is 6.80. The van der Waals surface area contributed by atoms with Crippen molar-refractivity contribution >= 4 is 13.8 Å². The number of Topliss-reactive ketones (excluding diaryl/α,β-unsaturated/α-hetero) is 1. The van der Waals surface area contributed by atoms with Gasteiger partial charge in [-0.05, 0) is 54.4 Å². The van der Waals surface area contributed by atoms with Crippen LogP contribution in [0.1, 0.15) is 61.7 Å². The lowest BCUT2D eigenvalue weighted by atomic mass is 9.83. The number of aryl methyl sites for hydroxylation is 2. The molecule has 1 rings (SSSR count). The zero-order valence-electron chi connectivity index (χ0n) is 14.1. The summed E-state index contributed by atoms with van der Waals surface area (Å²) >= 11 is 0. The first kappa shape index (κ1) is 18.0. The molecule has 0 amide bonds. The Morgan fingerprint density at radius 2 is 1.67 bits per heavy atom. The molecule has 0 N–H and O–H groups in total. The molecule has 0 aliphatic carbocycles. The lowest BCUT2D eigenvalue weighted by molar-refractivity contribution is 0.101. The van der Waals surface area contributed by atoms with Gasteiger partial charge < -0.3 is 0 Å². The molecule has 4 heteroatoms. The Kier molecular flexibility index (Phi) is 5.83. The van der Waals surface area contributed by atoms with Gasteiger partial charge in [0.05, 0.1) is 0 Å². The zero-order chi connectivity index (χ0) is 16.4. The maximum atomic E-state index is 12.4. The highest BCUT2D eigenvalue weighted by atomic mass is 31.1.